The van der Waals surface area contributed by atoms with Gasteiger partial charge in [-0.1, -0.05) is 97.3 Å². The fraction of sp³-hybridized carbons (Fsp3) is 0.733. The largest absolute Gasteiger partial charge is 0.0654 e. The van der Waals surface area contributed by atoms with Crippen LogP contribution < -0.4 is 0 Å². The molecule has 166 valence electrons. The molecule has 0 aromatic carbocycles. The number of unbranched alkanes of at least 4 members (excludes halogenated alkanes) is 3. The lowest BCUT2D eigenvalue weighted by molar-refractivity contribution is 0.434. The molecule has 0 aliphatic heterocycles. The standard InChI is InChI=1S/C30H46/c1-3-4-5-9-19-27-28-20-13-6-10-16-24-23(2)25-17-11-7-14-21-29(27)30(28)22-15-8-12-18-26(24)25/h3-22H2,1-2H3. The lowest BCUT2D eigenvalue weighted by Gasteiger charge is -2.53. The van der Waals surface area contributed by atoms with Gasteiger partial charge in [-0.25, -0.2) is 0 Å². The van der Waals surface area contributed by atoms with Gasteiger partial charge < -0.3 is 0 Å². The Bertz CT molecular complexity index is 444. The fourth-order valence-corrected chi connectivity index (χ4v) is 6.68. The summed E-state index contributed by atoms with van der Waals surface area (Å²) in [5, 5.41) is 0. The van der Waals surface area contributed by atoms with E-state index in [2.05, 4.69) is 13.8 Å². The minimum Gasteiger partial charge on any atom is -0.0654 e. The smallest absolute Gasteiger partial charge is 0.00936 e. The molecule has 0 N–H and O–H groups in total. The van der Waals surface area contributed by atoms with Crippen LogP contribution in [0.3, 0.4) is 0 Å². The van der Waals surface area contributed by atoms with Crippen molar-refractivity contribution in [1.29, 1.82) is 0 Å². The third-order valence-corrected chi connectivity index (χ3v) is 8.43. The second-order valence-electron chi connectivity index (χ2n) is 10.5. The molecule has 30 heavy (non-hydrogen) atoms. The summed E-state index contributed by atoms with van der Waals surface area (Å²) in [6.07, 6.45) is 28.0. The van der Waals surface area contributed by atoms with Crippen molar-refractivity contribution in [3.05, 3.63) is 47.3 Å². The van der Waals surface area contributed by atoms with Crippen molar-refractivity contribution in [3.63, 3.8) is 0 Å². The first-order chi connectivity index (χ1) is 14.8. The lowest BCUT2D eigenvalue weighted by atomic mass is 9.51. The molecule has 0 unspecified atom stereocenters. The minimum atomic E-state index is 1.36. The summed E-state index contributed by atoms with van der Waals surface area (Å²) < 4.78 is 0. The Hall–Kier alpha value is 0. The third kappa shape index (κ3) is 5.31. The number of rotatable bonds is 5. The topological polar surface area (TPSA) is 0 Å². The van der Waals surface area contributed by atoms with Gasteiger partial charge in [-0.05, 0) is 92.3 Å². The molecule has 0 spiro atoms. The van der Waals surface area contributed by atoms with Gasteiger partial charge in [0.05, 0.1) is 0 Å². The average Bonchev–Trinajstić information content (AvgIpc) is 2.74. The molecule has 0 heterocycles. The van der Waals surface area contributed by atoms with E-state index in [-0.39, 0.29) is 0 Å². The van der Waals surface area contributed by atoms with Crippen LogP contribution in [0.15, 0.2) is 0 Å². The first-order valence-corrected chi connectivity index (χ1v) is 13.7. The minimum absolute atomic E-state index is 1.36. The number of fused-ring (bicyclic) bond motifs is 4. The van der Waals surface area contributed by atoms with Gasteiger partial charge in [0.1, 0.15) is 0 Å². The number of hydrogen-bond acceptors (Lipinski definition) is 0. The van der Waals surface area contributed by atoms with Crippen molar-refractivity contribution in [2.45, 2.75) is 142 Å². The Morgan fingerprint density at radius 1 is 0.467 bits per heavy atom. The first kappa shape index (κ1) is 23.2. The van der Waals surface area contributed by atoms with Crippen molar-refractivity contribution in [2.24, 2.45) is 0 Å². The van der Waals surface area contributed by atoms with Crippen LogP contribution >= 0.6 is 0 Å². The van der Waals surface area contributed by atoms with Gasteiger partial charge in [0.2, 0.25) is 0 Å². The SMILES string of the molecule is CCCCCC[C]1[C]2CCCCC[C]3[C](C)[C]4CCCCC[C]1[C]2CCCCC[C]34. The molecule has 0 aromatic heterocycles. The summed E-state index contributed by atoms with van der Waals surface area (Å²) in [6, 6.07) is 0. The molecule has 0 saturated heterocycles. The zero-order valence-corrected chi connectivity index (χ0v) is 20.1. The second kappa shape index (κ2) is 11.7. The van der Waals surface area contributed by atoms with Crippen molar-refractivity contribution in [2.75, 3.05) is 0 Å². The average molecular weight is 407 g/mol. The highest BCUT2D eigenvalue weighted by atomic mass is 14.5. The van der Waals surface area contributed by atoms with Gasteiger partial charge >= 0.3 is 0 Å². The molecule has 0 atom stereocenters. The van der Waals surface area contributed by atoms with E-state index in [1.165, 1.54) is 128 Å². The van der Waals surface area contributed by atoms with E-state index in [0.717, 1.165) is 0 Å². The maximum Gasteiger partial charge on any atom is -0.00936 e. The van der Waals surface area contributed by atoms with E-state index in [1.807, 2.05) is 29.6 Å². The predicted molar refractivity (Wildman–Crippen MR) is 130 cm³/mol. The predicted octanol–water partition coefficient (Wildman–Crippen LogP) is 9.48. The Balaban J connectivity index is 1.43. The lowest BCUT2D eigenvalue weighted by Crippen LogP contribution is -2.41. The zero-order valence-electron chi connectivity index (χ0n) is 20.1. The summed E-state index contributed by atoms with van der Waals surface area (Å²) in [5.74, 6) is 14.5. The zero-order chi connectivity index (χ0) is 20.8. The Morgan fingerprint density at radius 3 is 1.40 bits per heavy atom. The Morgan fingerprint density at radius 2 is 0.900 bits per heavy atom. The highest BCUT2D eigenvalue weighted by molar-refractivity contribution is 5.62. The first-order valence-electron chi connectivity index (χ1n) is 13.7. The van der Waals surface area contributed by atoms with Crippen LogP contribution in [-0.4, -0.2) is 0 Å². The Kier molecular flexibility index (Phi) is 9.07. The van der Waals surface area contributed by atoms with Crippen molar-refractivity contribution >= 4 is 0 Å². The van der Waals surface area contributed by atoms with Crippen molar-refractivity contribution in [1.82, 2.24) is 0 Å². The summed E-state index contributed by atoms with van der Waals surface area (Å²) in [5.41, 5.74) is 0. The monoisotopic (exact) mass is 406 g/mol. The maximum atomic E-state index is 2.43. The molecule has 0 heteroatoms. The van der Waals surface area contributed by atoms with Crippen LogP contribution in [-0.2, 0) is 0 Å². The van der Waals surface area contributed by atoms with E-state index in [1.54, 1.807) is 17.8 Å². The van der Waals surface area contributed by atoms with E-state index < -0.39 is 0 Å². The normalized spacial score (nSPS) is 28.6. The van der Waals surface area contributed by atoms with Crippen molar-refractivity contribution < 1.29 is 0 Å². The van der Waals surface area contributed by atoms with Crippen LogP contribution in [0.25, 0.3) is 0 Å². The molecule has 8 radical (unpaired) electrons. The third-order valence-electron chi connectivity index (χ3n) is 8.43. The maximum absolute atomic E-state index is 2.43. The summed E-state index contributed by atoms with van der Waals surface area (Å²) in [7, 11) is 0. The van der Waals surface area contributed by atoms with Gasteiger partial charge in [0.25, 0.3) is 0 Å². The van der Waals surface area contributed by atoms with Crippen LogP contribution in [0.4, 0.5) is 0 Å². The highest BCUT2D eigenvalue weighted by Crippen LogP contribution is 2.62. The van der Waals surface area contributed by atoms with E-state index in [0.29, 0.717) is 0 Å². The summed E-state index contributed by atoms with van der Waals surface area (Å²) in [4.78, 5) is 0. The fourth-order valence-electron chi connectivity index (χ4n) is 6.68. The highest BCUT2D eigenvalue weighted by Gasteiger charge is 2.50. The van der Waals surface area contributed by atoms with Crippen LogP contribution in [0.2, 0.25) is 0 Å². The van der Waals surface area contributed by atoms with Gasteiger partial charge in [-0.2, -0.15) is 0 Å². The van der Waals surface area contributed by atoms with E-state index in [9.17, 15) is 0 Å². The molecule has 4 saturated carbocycles. The molecule has 0 nitrogen and oxygen atoms in total. The Labute approximate surface area is 189 Å². The van der Waals surface area contributed by atoms with E-state index >= 15 is 0 Å². The summed E-state index contributed by atoms with van der Waals surface area (Å²) in [6.45, 7) is 4.77. The second-order valence-corrected chi connectivity index (χ2v) is 10.5. The van der Waals surface area contributed by atoms with Gasteiger partial charge in [0, 0.05) is 0 Å². The molecular weight excluding hydrogens is 360 g/mol. The molecule has 4 aliphatic rings. The molecular formula is C30H46. The van der Waals surface area contributed by atoms with Gasteiger partial charge in [0.15, 0.2) is 0 Å². The number of hydrogen-bond donors (Lipinski definition) is 0. The molecule has 0 amide bonds. The van der Waals surface area contributed by atoms with Gasteiger partial charge in [-0.15, -0.1) is 0 Å². The quantitative estimate of drug-likeness (QED) is 0.399. The molecule has 4 aliphatic carbocycles. The molecule has 0 aromatic rings. The van der Waals surface area contributed by atoms with E-state index in [4.69, 9.17) is 0 Å². The van der Waals surface area contributed by atoms with Crippen molar-refractivity contribution in [3.8, 4) is 0 Å². The van der Waals surface area contributed by atoms with Crippen LogP contribution in [0, 0.1) is 47.3 Å². The summed E-state index contributed by atoms with van der Waals surface area (Å²) >= 11 is 0. The van der Waals surface area contributed by atoms with Gasteiger partial charge in [-0.3, -0.25) is 0 Å². The van der Waals surface area contributed by atoms with Crippen LogP contribution in [0.5, 0.6) is 0 Å². The molecule has 2 bridgehead atoms. The van der Waals surface area contributed by atoms with Crippen LogP contribution in [0.1, 0.15) is 142 Å². The molecule has 4 fully saturated rings. The molecule has 4 rings (SSSR count).